The van der Waals surface area contributed by atoms with Crippen LogP contribution in [0.25, 0.3) is 27.2 Å². The number of nitrogen functional groups attached to an aromatic ring is 1. The summed E-state index contributed by atoms with van der Waals surface area (Å²) in [5, 5.41) is 14.5. The van der Waals surface area contributed by atoms with Gasteiger partial charge in [-0.3, -0.25) is 4.99 Å². The van der Waals surface area contributed by atoms with Crippen LogP contribution in [0.4, 0.5) is 17.2 Å². The summed E-state index contributed by atoms with van der Waals surface area (Å²) in [5.74, 6) is 1.10. The maximum absolute atomic E-state index is 6.75. The predicted octanol–water partition coefficient (Wildman–Crippen LogP) is 9.87. The normalized spacial score (nSPS) is 12.1. The molecule has 0 atom stereocenters. The van der Waals surface area contributed by atoms with E-state index in [1.807, 2.05) is 66.7 Å². The van der Waals surface area contributed by atoms with E-state index in [1.165, 1.54) is 5.56 Å². The second-order valence-corrected chi connectivity index (χ2v) is 12.4. The maximum Gasteiger partial charge on any atom is 0.186 e. The Labute approximate surface area is 279 Å². The van der Waals surface area contributed by atoms with Crippen molar-refractivity contribution >= 4 is 38.7 Å². The standard InChI is InChI=1S/C38H41N7OS/c1-4-7-23-40-38-44(26-27-17-11-8-12-18-27)32-25-33(46-30(5-2)6-3)31(24-34(32)47-38)41-42-36-35(28-19-13-9-14-20-28)43-45(37(36)39)29-21-15-10-16-22-29/h8-22,24-25,30H,4-7,23,26,39H2,1-3H3. The van der Waals surface area contributed by atoms with E-state index in [0.29, 0.717) is 35.2 Å². The van der Waals surface area contributed by atoms with Crippen molar-refractivity contribution in [2.45, 2.75) is 59.1 Å². The number of aromatic nitrogens is 3. The average molecular weight is 644 g/mol. The third kappa shape index (κ3) is 7.20. The first-order valence-electron chi connectivity index (χ1n) is 16.4. The molecule has 2 N–H and O–H groups in total. The fraction of sp³-hybridized carbons (Fsp3) is 0.263. The molecule has 0 radical (unpaired) electrons. The minimum Gasteiger partial charge on any atom is -0.488 e. The molecule has 0 aliphatic heterocycles. The zero-order valence-electron chi connectivity index (χ0n) is 27.2. The first-order valence-corrected chi connectivity index (χ1v) is 17.2. The van der Waals surface area contributed by atoms with Crippen LogP contribution in [0.5, 0.6) is 5.75 Å². The van der Waals surface area contributed by atoms with Crippen molar-refractivity contribution in [2.75, 3.05) is 12.3 Å². The van der Waals surface area contributed by atoms with Crippen molar-refractivity contribution in [3.8, 4) is 22.7 Å². The number of nitrogens with two attached hydrogens (primary N) is 1. The van der Waals surface area contributed by atoms with E-state index in [4.69, 9.17) is 30.8 Å². The molecule has 47 heavy (non-hydrogen) atoms. The largest absolute Gasteiger partial charge is 0.488 e. The van der Waals surface area contributed by atoms with Gasteiger partial charge in [-0.05, 0) is 43.0 Å². The lowest BCUT2D eigenvalue weighted by Crippen LogP contribution is -2.16. The van der Waals surface area contributed by atoms with E-state index in [-0.39, 0.29) is 6.10 Å². The highest BCUT2D eigenvalue weighted by atomic mass is 32.1. The topological polar surface area (TPSA) is 95.1 Å². The molecule has 2 heterocycles. The SMILES string of the molecule is CCCCN=c1sc2cc(N=Nc3c(-c4ccccc4)nn(-c4ccccc4)c3N)c(OC(CC)CC)cc2n1Cc1ccccc1. The molecule has 9 heteroatoms. The lowest BCUT2D eigenvalue weighted by Gasteiger charge is -2.17. The zero-order chi connectivity index (χ0) is 32.6. The Kier molecular flexibility index (Phi) is 10.2. The first-order chi connectivity index (χ1) is 23.1. The van der Waals surface area contributed by atoms with Gasteiger partial charge in [0.25, 0.3) is 0 Å². The summed E-state index contributed by atoms with van der Waals surface area (Å²) >= 11 is 1.67. The molecule has 2 aromatic heterocycles. The highest BCUT2D eigenvalue weighted by molar-refractivity contribution is 7.16. The van der Waals surface area contributed by atoms with Crippen LogP contribution in [0.3, 0.4) is 0 Å². The van der Waals surface area contributed by atoms with Gasteiger partial charge in [0.2, 0.25) is 0 Å². The monoisotopic (exact) mass is 643 g/mol. The molecule has 0 fully saturated rings. The summed E-state index contributed by atoms with van der Waals surface area (Å²) in [7, 11) is 0. The van der Waals surface area contributed by atoms with E-state index >= 15 is 0 Å². The number of rotatable bonds is 13. The third-order valence-electron chi connectivity index (χ3n) is 8.11. The molecule has 0 bridgehead atoms. The van der Waals surface area contributed by atoms with Gasteiger partial charge in [0, 0.05) is 18.2 Å². The lowest BCUT2D eigenvalue weighted by atomic mass is 10.1. The number of hydrogen-bond donors (Lipinski definition) is 1. The van der Waals surface area contributed by atoms with Gasteiger partial charge in [-0.1, -0.05) is 117 Å². The summed E-state index contributed by atoms with van der Waals surface area (Å²) in [5.41, 5.74) is 12.6. The highest BCUT2D eigenvalue weighted by Gasteiger charge is 2.20. The number of anilines is 1. The molecule has 6 rings (SSSR count). The second kappa shape index (κ2) is 15.0. The molecule has 8 nitrogen and oxygen atoms in total. The van der Waals surface area contributed by atoms with Gasteiger partial charge in [-0.25, -0.2) is 4.68 Å². The van der Waals surface area contributed by atoms with Crippen molar-refractivity contribution < 1.29 is 4.74 Å². The van der Waals surface area contributed by atoms with E-state index in [2.05, 4.69) is 61.7 Å². The third-order valence-corrected chi connectivity index (χ3v) is 9.19. The van der Waals surface area contributed by atoms with Crippen molar-refractivity contribution in [2.24, 2.45) is 15.2 Å². The fourth-order valence-corrected chi connectivity index (χ4v) is 6.52. The molecular weight excluding hydrogens is 603 g/mol. The highest BCUT2D eigenvalue weighted by Crippen LogP contribution is 2.40. The van der Waals surface area contributed by atoms with Gasteiger partial charge in [0.15, 0.2) is 16.3 Å². The van der Waals surface area contributed by atoms with Gasteiger partial charge < -0.3 is 15.0 Å². The van der Waals surface area contributed by atoms with Crippen LogP contribution >= 0.6 is 11.3 Å². The Hall–Kier alpha value is -5.02. The Morgan fingerprint density at radius 1 is 0.851 bits per heavy atom. The Bertz CT molecular complexity index is 2010. The fourth-order valence-electron chi connectivity index (χ4n) is 5.45. The molecule has 0 spiro atoms. The molecular formula is C38H41N7OS. The van der Waals surface area contributed by atoms with Crippen LogP contribution in [0, 0.1) is 0 Å². The zero-order valence-corrected chi connectivity index (χ0v) is 28.0. The van der Waals surface area contributed by atoms with Crippen LogP contribution in [-0.4, -0.2) is 27.0 Å². The van der Waals surface area contributed by atoms with Crippen molar-refractivity contribution in [3.63, 3.8) is 0 Å². The van der Waals surface area contributed by atoms with Gasteiger partial charge in [0.05, 0.1) is 28.6 Å². The Morgan fingerprint density at radius 2 is 1.53 bits per heavy atom. The number of ether oxygens (including phenoxy) is 1. The molecule has 0 saturated carbocycles. The van der Waals surface area contributed by atoms with E-state index < -0.39 is 0 Å². The summed E-state index contributed by atoms with van der Waals surface area (Å²) in [4.78, 5) is 6.01. The molecule has 0 unspecified atom stereocenters. The second-order valence-electron chi connectivity index (χ2n) is 11.4. The predicted molar refractivity (Wildman–Crippen MR) is 193 cm³/mol. The van der Waals surface area contributed by atoms with Crippen LogP contribution in [0.1, 0.15) is 52.0 Å². The summed E-state index contributed by atoms with van der Waals surface area (Å²) in [6.45, 7) is 7.98. The minimum atomic E-state index is 0.0436. The van der Waals surface area contributed by atoms with Gasteiger partial charge in [-0.2, -0.15) is 5.10 Å². The summed E-state index contributed by atoms with van der Waals surface area (Å²) < 4.78 is 11.7. The number of azo groups is 1. The molecule has 0 amide bonds. The molecule has 6 aromatic rings. The molecule has 0 aliphatic carbocycles. The minimum absolute atomic E-state index is 0.0436. The summed E-state index contributed by atoms with van der Waals surface area (Å²) in [6.07, 6.45) is 3.95. The maximum atomic E-state index is 6.75. The van der Waals surface area contributed by atoms with E-state index in [0.717, 1.165) is 58.5 Å². The lowest BCUT2D eigenvalue weighted by molar-refractivity contribution is 0.194. The van der Waals surface area contributed by atoms with Crippen LogP contribution < -0.4 is 15.3 Å². The van der Waals surface area contributed by atoms with E-state index in [1.54, 1.807) is 16.0 Å². The molecule has 4 aromatic carbocycles. The average Bonchev–Trinajstić information content (AvgIpc) is 3.62. The number of benzene rings is 4. The summed E-state index contributed by atoms with van der Waals surface area (Å²) in [6, 6.07) is 34.5. The smallest absolute Gasteiger partial charge is 0.186 e. The van der Waals surface area contributed by atoms with Gasteiger partial charge in [0.1, 0.15) is 17.1 Å². The van der Waals surface area contributed by atoms with E-state index in [9.17, 15) is 0 Å². The first kappa shape index (κ1) is 31.9. The van der Waals surface area contributed by atoms with Gasteiger partial charge >= 0.3 is 0 Å². The number of para-hydroxylation sites is 1. The Balaban J connectivity index is 1.50. The number of unbranched alkanes of at least 4 members (excludes halogenated alkanes) is 1. The molecule has 0 saturated heterocycles. The Morgan fingerprint density at radius 3 is 2.21 bits per heavy atom. The quantitative estimate of drug-likeness (QED) is 0.100. The number of hydrogen-bond acceptors (Lipinski definition) is 7. The van der Waals surface area contributed by atoms with Gasteiger partial charge in [-0.15, -0.1) is 10.2 Å². The molecule has 240 valence electrons. The van der Waals surface area contributed by atoms with Crippen LogP contribution in [0.15, 0.2) is 118 Å². The van der Waals surface area contributed by atoms with Crippen molar-refractivity contribution in [3.05, 3.63) is 113 Å². The number of fused-ring (bicyclic) bond motifs is 1. The molecule has 0 aliphatic rings. The number of nitrogens with zero attached hydrogens (tertiary/aromatic N) is 6. The number of thiazole rings is 1. The van der Waals surface area contributed by atoms with Crippen LogP contribution in [-0.2, 0) is 6.54 Å². The van der Waals surface area contributed by atoms with Crippen molar-refractivity contribution in [1.29, 1.82) is 0 Å². The van der Waals surface area contributed by atoms with Crippen LogP contribution in [0.2, 0.25) is 0 Å². The van der Waals surface area contributed by atoms with Crippen molar-refractivity contribution in [1.82, 2.24) is 14.3 Å².